The van der Waals surface area contributed by atoms with Crippen LogP contribution in [0.25, 0.3) is 10.9 Å². The van der Waals surface area contributed by atoms with Crippen molar-refractivity contribution >= 4 is 35.0 Å². The topological polar surface area (TPSA) is 83.8 Å². The number of fused-ring (bicyclic) bond motifs is 1. The van der Waals surface area contributed by atoms with E-state index in [2.05, 4.69) is 5.32 Å². The lowest BCUT2D eigenvalue weighted by Gasteiger charge is -2.38. The van der Waals surface area contributed by atoms with Gasteiger partial charge in [0.05, 0.1) is 18.0 Å². The summed E-state index contributed by atoms with van der Waals surface area (Å²) in [6.45, 7) is 5.27. The van der Waals surface area contributed by atoms with Crippen LogP contribution in [0, 0.1) is 5.82 Å². The van der Waals surface area contributed by atoms with Crippen molar-refractivity contribution in [2.24, 2.45) is 0 Å². The number of nitrogens with zero attached hydrogens (tertiary/aromatic N) is 2. The molecule has 1 aromatic carbocycles. The van der Waals surface area contributed by atoms with Gasteiger partial charge in [0.25, 0.3) is 0 Å². The van der Waals surface area contributed by atoms with Gasteiger partial charge in [0.1, 0.15) is 11.3 Å². The van der Waals surface area contributed by atoms with Gasteiger partial charge >= 0.3 is 5.97 Å². The zero-order chi connectivity index (χ0) is 20.2. The highest BCUT2D eigenvalue weighted by Gasteiger charge is 2.32. The molecular formula is C20H25ClFN3O4. The number of ether oxygens (including phenoxy) is 1. The Kier molecular flexibility index (Phi) is 5.78. The molecule has 7 nitrogen and oxygen atoms in total. The van der Waals surface area contributed by atoms with Gasteiger partial charge in [0.15, 0.2) is 11.6 Å². The molecule has 2 heterocycles. The molecule has 0 spiro atoms. The highest BCUT2D eigenvalue weighted by Crippen LogP contribution is 2.43. The van der Waals surface area contributed by atoms with Crippen molar-refractivity contribution in [1.82, 2.24) is 9.88 Å². The zero-order valence-corrected chi connectivity index (χ0v) is 17.4. The van der Waals surface area contributed by atoms with E-state index in [9.17, 15) is 14.7 Å². The van der Waals surface area contributed by atoms with Crippen LogP contribution >= 0.6 is 12.4 Å². The molecular weight excluding hydrogens is 401 g/mol. The fraction of sp³-hybridized carbons (Fsp3) is 0.500. The first-order chi connectivity index (χ1) is 13.3. The molecule has 29 heavy (non-hydrogen) atoms. The van der Waals surface area contributed by atoms with Crippen LogP contribution in [0.5, 0.6) is 5.75 Å². The molecule has 1 aliphatic carbocycles. The standard InChI is InChI=1S/C20H24FN3O4.ClH/c1-10-7-23(8-11(2)22-10)17-15(21)6-13-16(19(17)28-3)24(12-4-5-12)9-14(18(13)25)20(26)27;/h6,9-12,22H,4-5,7-8H2,1-3H3,(H,26,27);1H. The monoisotopic (exact) mass is 425 g/mol. The van der Waals surface area contributed by atoms with Crippen LogP contribution in [0.2, 0.25) is 0 Å². The van der Waals surface area contributed by atoms with Crippen LogP contribution in [-0.4, -0.2) is 47.9 Å². The minimum atomic E-state index is -1.31. The van der Waals surface area contributed by atoms with E-state index in [0.29, 0.717) is 24.3 Å². The Hall–Kier alpha value is -2.32. The zero-order valence-electron chi connectivity index (χ0n) is 16.6. The third-order valence-electron chi connectivity index (χ3n) is 5.45. The molecule has 0 bridgehead atoms. The fourth-order valence-corrected chi connectivity index (χ4v) is 4.23. The predicted octanol–water partition coefficient (Wildman–Crippen LogP) is 2.79. The van der Waals surface area contributed by atoms with E-state index >= 15 is 4.39 Å². The summed E-state index contributed by atoms with van der Waals surface area (Å²) in [4.78, 5) is 26.2. The maximum absolute atomic E-state index is 15.2. The third-order valence-corrected chi connectivity index (χ3v) is 5.45. The molecule has 1 aromatic heterocycles. The number of carboxylic acid groups (broad SMARTS) is 1. The van der Waals surface area contributed by atoms with Crippen LogP contribution in [-0.2, 0) is 0 Å². The Morgan fingerprint density at radius 3 is 2.41 bits per heavy atom. The smallest absolute Gasteiger partial charge is 0.341 e. The molecule has 0 radical (unpaired) electrons. The summed E-state index contributed by atoms with van der Waals surface area (Å²) in [6.07, 6.45) is 3.14. The molecule has 0 amide bonds. The number of hydrogen-bond acceptors (Lipinski definition) is 5. The van der Waals surface area contributed by atoms with Crippen LogP contribution in [0.3, 0.4) is 0 Å². The average Bonchev–Trinajstić information content (AvgIpc) is 3.45. The van der Waals surface area contributed by atoms with Crippen LogP contribution < -0.4 is 20.4 Å². The molecule has 2 aliphatic rings. The van der Waals surface area contributed by atoms with Gasteiger partial charge < -0.3 is 24.6 Å². The number of methoxy groups -OCH3 is 1. The molecule has 2 unspecified atom stereocenters. The Morgan fingerprint density at radius 1 is 1.28 bits per heavy atom. The van der Waals surface area contributed by atoms with Gasteiger partial charge in [0.2, 0.25) is 5.43 Å². The quantitative estimate of drug-likeness (QED) is 0.783. The van der Waals surface area contributed by atoms with Crippen LogP contribution in [0.15, 0.2) is 17.1 Å². The fourth-order valence-electron chi connectivity index (χ4n) is 4.23. The van der Waals surface area contributed by atoms with E-state index in [1.165, 1.54) is 13.3 Å². The summed E-state index contributed by atoms with van der Waals surface area (Å²) in [5.41, 5.74) is -0.245. The van der Waals surface area contributed by atoms with E-state index < -0.39 is 17.2 Å². The summed E-state index contributed by atoms with van der Waals surface area (Å²) < 4.78 is 22.6. The second kappa shape index (κ2) is 7.84. The minimum Gasteiger partial charge on any atom is -0.492 e. The number of piperazine rings is 1. The van der Waals surface area contributed by atoms with Gasteiger partial charge in [-0.25, -0.2) is 9.18 Å². The number of carbonyl (C=O) groups is 1. The minimum absolute atomic E-state index is 0. The van der Waals surface area contributed by atoms with Gasteiger partial charge in [-0.05, 0) is 32.8 Å². The van der Waals surface area contributed by atoms with Crippen LogP contribution in [0.1, 0.15) is 43.1 Å². The number of aromatic nitrogens is 1. The van der Waals surface area contributed by atoms with Crippen molar-refractivity contribution in [2.45, 2.75) is 44.8 Å². The molecule has 9 heteroatoms. The number of carboxylic acids is 1. The summed E-state index contributed by atoms with van der Waals surface area (Å²) >= 11 is 0. The van der Waals surface area contributed by atoms with Gasteiger partial charge in [-0.15, -0.1) is 12.4 Å². The molecule has 2 atom stereocenters. The first kappa shape index (κ1) is 21.4. The molecule has 2 aromatic rings. The first-order valence-electron chi connectivity index (χ1n) is 9.51. The van der Waals surface area contributed by atoms with E-state index in [0.717, 1.165) is 18.9 Å². The van der Waals surface area contributed by atoms with Crippen molar-refractivity contribution in [2.75, 3.05) is 25.1 Å². The Bertz CT molecular complexity index is 1010. The van der Waals surface area contributed by atoms with Crippen molar-refractivity contribution in [3.05, 3.63) is 33.9 Å². The highest BCUT2D eigenvalue weighted by molar-refractivity contribution is 5.97. The maximum Gasteiger partial charge on any atom is 0.341 e. The van der Waals surface area contributed by atoms with Crippen molar-refractivity contribution in [3.8, 4) is 5.75 Å². The maximum atomic E-state index is 15.2. The highest BCUT2D eigenvalue weighted by atomic mass is 35.5. The first-order valence-corrected chi connectivity index (χ1v) is 9.51. The number of nitrogens with one attached hydrogen (secondary N) is 1. The second-order valence-electron chi connectivity index (χ2n) is 7.83. The number of hydrogen-bond donors (Lipinski definition) is 2. The van der Waals surface area contributed by atoms with Crippen molar-refractivity contribution in [1.29, 1.82) is 0 Å². The Balaban J connectivity index is 0.00000240. The molecule has 1 saturated heterocycles. The number of rotatable bonds is 4. The van der Waals surface area contributed by atoms with Gasteiger partial charge in [-0.2, -0.15) is 0 Å². The average molecular weight is 426 g/mol. The number of anilines is 1. The lowest BCUT2D eigenvalue weighted by Crippen LogP contribution is -2.54. The summed E-state index contributed by atoms with van der Waals surface area (Å²) in [5, 5.41) is 12.9. The lowest BCUT2D eigenvalue weighted by atomic mass is 10.1. The summed E-state index contributed by atoms with van der Waals surface area (Å²) in [6, 6.07) is 1.60. The van der Waals surface area contributed by atoms with Crippen molar-refractivity contribution < 1.29 is 19.0 Å². The van der Waals surface area contributed by atoms with E-state index in [-0.39, 0.29) is 47.2 Å². The Morgan fingerprint density at radius 2 is 1.90 bits per heavy atom. The van der Waals surface area contributed by atoms with Crippen molar-refractivity contribution in [3.63, 3.8) is 0 Å². The summed E-state index contributed by atoms with van der Waals surface area (Å²) in [7, 11) is 1.46. The van der Waals surface area contributed by atoms with E-state index in [4.69, 9.17) is 4.74 Å². The largest absolute Gasteiger partial charge is 0.492 e. The SMILES string of the molecule is COc1c(N2CC(C)NC(C)C2)c(F)cc2c(=O)c(C(=O)O)cn(C3CC3)c12.Cl. The molecule has 158 valence electrons. The normalized spacial score (nSPS) is 21.7. The number of aromatic carboxylic acids is 1. The molecule has 1 aliphatic heterocycles. The number of pyridine rings is 1. The predicted molar refractivity (Wildman–Crippen MR) is 111 cm³/mol. The van der Waals surface area contributed by atoms with E-state index in [1.54, 1.807) is 4.57 Å². The molecule has 4 rings (SSSR count). The second-order valence-corrected chi connectivity index (χ2v) is 7.83. The lowest BCUT2D eigenvalue weighted by molar-refractivity contribution is 0.0695. The van der Waals surface area contributed by atoms with Gasteiger partial charge in [0, 0.05) is 37.4 Å². The third kappa shape index (κ3) is 3.67. The molecule has 2 fully saturated rings. The van der Waals surface area contributed by atoms with Crippen LogP contribution in [0.4, 0.5) is 10.1 Å². The Labute approximate surface area is 173 Å². The van der Waals surface area contributed by atoms with E-state index in [1.807, 2.05) is 18.7 Å². The van der Waals surface area contributed by atoms with Gasteiger partial charge in [-0.3, -0.25) is 4.79 Å². The molecule has 2 N–H and O–H groups in total. The van der Waals surface area contributed by atoms with Gasteiger partial charge in [-0.1, -0.05) is 0 Å². The number of halogens is 2. The summed E-state index contributed by atoms with van der Waals surface area (Å²) in [5.74, 6) is -1.60. The number of benzene rings is 1. The molecule has 1 saturated carbocycles.